The molecule has 1 saturated heterocycles. The standard InChI is InChI=1S/C18H22N4O3/c1-2-25-18(24)15-6-19-22(10-15)9-12-3-4-17(20-16(12)11-23)21-7-13-5-14(13)8-21/h3-4,6,10,13-14,23H,2,5,7-9,11H2,1H3. The van der Waals surface area contributed by atoms with Crippen molar-refractivity contribution in [3.05, 3.63) is 41.3 Å². The zero-order chi connectivity index (χ0) is 17.4. The van der Waals surface area contributed by atoms with Gasteiger partial charge in [-0.15, -0.1) is 0 Å². The fourth-order valence-corrected chi connectivity index (χ4v) is 3.51. The Bertz CT molecular complexity index is 778. The van der Waals surface area contributed by atoms with Crippen LogP contribution in [-0.2, 0) is 17.9 Å². The van der Waals surface area contributed by atoms with Crippen molar-refractivity contribution in [2.75, 3.05) is 24.6 Å². The second-order valence-corrected chi connectivity index (χ2v) is 6.74. The van der Waals surface area contributed by atoms with Crippen molar-refractivity contribution in [3.8, 4) is 0 Å². The summed E-state index contributed by atoms with van der Waals surface area (Å²) in [7, 11) is 0. The number of carbonyl (C=O) groups excluding carboxylic acids is 1. The molecule has 0 spiro atoms. The van der Waals surface area contributed by atoms with E-state index in [1.165, 1.54) is 12.6 Å². The summed E-state index contributed by atoms with van der Waals surface area (Å²) in [6, 6.07) is 4.00. The summed E-state index contributed by atoms with van der Waals surface area (Å²) in [5.41, 5.74) is 1.98. The molecule has 7 heteroatoms. The van der Waals surface area contributed by atoms with Gasteiger partial charge in [0.1, 0.15) is 5.82 Å². The lowest BCUT2D eigenvalue weighted by Gasteiger charge is -2.20. The topological polar surface area (TPSA) is 80.5 Å². The fourth-order valence-electron chi connectivity index (χ4n) is 3.51. The van der Waals surface area contributed by atoms with E-state index in [1.54, 1.807) is 17.8 Å². The Morgan fingerprint density at radius 1 is 1.36 bits per heavy atom. The van der Waals surface area contributed by atoms with E-state index in [0.717, 1.165) is 36.3 Å². The third-order valence-corrected chi connectivity index (χ3v) is 4.98. The maximum atomic E-state index is 11.7. The highest BCUT2D eigenvalue weighted by Gasteiger charge is 2.45. The summed E-state index contributed by atoms with van der Waals surface area (Å²) in [5.74, 6) is 2.23. The van der Waals surface area contributed by atoms with Crippen molar-refractivity contribution in [2.45, 2.75) is 26.5 Å². The molecule has 0 bridgehead atoms. The van der Waals surface area contributed by atoms with E-state index in [9.17, 15) is 9.90 Å². The van der Waals surface area contributed by atoms with E-state index >= 15 is 0 Å². The Balaban J connectivity index is 1.49. The minimum Gasteiger partial charge on any atom is -0.462 e. The summed E-state index contributed by atoms with van der Waals surface area (Å²) in [6.07, 6.45) is 4.50. The number of pyridine rings is 1. The number of piperidine rings is 1. The Labute approximate surface area is 146 Å². The van der Waals surface area contributed by atoms with Crippen molar-refractivity contribution in [2.24, 2.45) is 11.8 Å². The highest BCUT2D eigenvalue weighted by Crippen LogP contribution is 2.45. The summed E-state index contributed by atoms with van der Waals surface area (Å²) in [6.45, 7) is 4.59. The first-order chi connectivity index (χ1) is 12.2. The van der Waals surface area contributed by atoms with Gasteiger partial charge in [-0.05, 0) is 36.8 Å². The number of esters is 1. The second-order valence-electron chi connectivity index (χ2n) is 6.74. The van der Waals surface area contributed by atoms with Gasteiger partial charge < -0.3 is 14.7 Å². The molecule has 2 aliphatic rings. The highest BCUT2D eigenvalue weighted by atomic mass is 16.5. The van der Waals surface area contributed by atoms with Crippen molar-refractivity contribution in [1.82, 2.24) is 14.8 Å². The Kier molecular flexibility index (Phi) is 4.17. The summed E-state index contributed by atoms with van der Waals surface area (Å²) in [4.78, 5) is 18.7. The molecule has 2 fully saturated rings. The Morgan fingerprint density at radius 2 is 2.16 bits per heavy atom. The molecule has 7 nitrogen and oxygen atoms in total. The second kappa shape index (κ2) is 6.48. The van der Waals surface area contributed by atoms with Gasteiger partial charge in [0.15, 0.2) is 0 Å². The number of aliphatic hydroxyl groups excluding tert-OH is 1. The number of rotatable bonds is 6. The SMILES string of the molecule is CCOC(=O)c1cnn(Cc2ccc(N3CC4CC4C3)nc2CO)c1. The lowest BCUT2D eigenvalue weighted by molar-refractivity contribution is 0.0526. The molecule has 0 aromatic carbocycles. The Hall–Kier alpha value is -2.41. The van der Waals surface area contributed by atoms with Gasteiger partial charge in [0.05, 0.1) is 37.2 Å². The van der Waals surface area contributed by atoms with Crippen LogP contribution < -0.4 is 4.90 Å². The number of fused-ring (bicyclic) bond motifs is 1. The minimum absolute atomic E-state index is 0.115. The van der Waals surface area contributed by atoms with Crippen LogP contribution in [0, 0.1) is 11.8 Å². The zero-order valence-electron chi connectivity index (χ0n) is 14.3. The number of aromatic nitrogens is 3. The number of hydrogen-bond donors (Lipinski definition) is 1. The third-order valence-electron chi connectivity index (χ3n) is 4.98. The maximum absolute atomic E-state index is 11.7. The van der Waals surface area contributed by atoms with Crippen molar-refractivity contribution >= 4 is 11.8 Å². The van der Waals surface area contributed by atoms with Gasteiger partial charge in [0, 0.05) is 19.3 Å². The van der Waals surface area contributed by atoms with Crippen LogP contribution in [0.4, 0.5) is 5.82 Å². The first-order valence-electron chi connectivity index (χ1n) is 8.72. The number of carbonyl (C=O) groups is 1. The molecule has 132 valence electrons. The van der Waals surface area contributed by atoms with Crippen LogP contribution in [0.15, 0.2) is 24.5 Å². The van der Waals surface area contributed by atoms with Crippen molar-refractivity contribution < 1.29 is 14.6 Å². The van der Waals surface area contributed by atoms with Crippen LogP contribution in [0.2, 0.25) is 0 Å². The molecule has 2 aromatic rings. The molecule has 1 N–H and O–H groups in total. The van der Waals surface area contributed by atoms with E-state index in [0.29, 0.717) is 24.4 Å². The van der Waals surface area contributed by atoms with Crippen molar-refractivity contribution in [3.63, 3.8) is 0 Å². The van der Waals surface area contributed by atoms with E-state index in [4.69, 9.17) is 4.74 Å². The van der Waals surface area contributed by atoms with Gasteiger partial charge in [-0.3, -0.25) is 4.68 Å². The van der Waals surface area contributed by atoms with Crippen molar-refractivity contribution in [1.29, 1.82) is 0 Å². The summed E-state index contributed by atoms with van der Waals surface area (Å²) in [5, 5.41) is 13.9. The molecule has 1 aliphatic carbocycles. The zero-order valence-corrected chi connectivity index (χ0v) is 14.3. The van der Waals surface area contributed by atoms with Crippen LogP contribution in [0.5, 0.6) is 0 Å². The third kappa shape index (κ3) is 3.24. The summed E-state index contributed by atoms with van der Waals surface area (Å²) >= 11 is 0. The summed E-state index contributed by atoms with van der Waals surface area (Å²) < 4.78 is 6.63. The van der Waals surface area contributed by atoms with Gasteiger partial charge in [-0.1, -0.05) is 6.07 Å². The predicted molar refractivity (Wildman–Crippen MR) is 91.3 cm³/mol. The van der Waals surface area contributed by atoms with Gasteiger partial charge in [0.25, 0.3) is 0 Å². The first-order valence-corrected chi connectivity index (χ1v) is 8.72. The largest absolute Gasteiger partial charge is 0.462 e. The van der Waals surface area contributed by atoms with Gasteiger partial charge in [-0.25, -0.2) is 9.78 Å². The molecule has 2 aromatic heterocycles. The average Bonchev–Trinajstić information content (AvgIpc) is 3.02. The minimum atomic E-state index is -0.378. The smallest absolute Gasteiger partial charge is 0.341 e. The molecule has 25 heavy (non-hydrogen) atoms. The number of hydrogen-bond acceptors (Lipinski definition) is 6. The number of anilines is 1. The van der Waals surface area contributed by atoms with Crippen LogP contribution in [0.25, 0.3) is 0 Å². The number of nitrogens with zero attached hydrogens (tertiary/aromatic N) is 4. The quantitative estimate of drug-likeness (QED) is 0.801. The normalized spacial score (nSPS) is 21.3. The molecule has 3 heterocycles. The van der Waals surface area contributed by atoms with E-state index < -0.39 is 0 Å². The van der Waals surface area contributed by atoms with E-state index in [2.05, 4.69) is 15.0 Å². The number of ether oxygens (including phenoxy) is 1. The molecular formula is C18H22N4O3. The van der Waals surface area contributed by atoms with Crippen LogP contribution in [-0.4, -0.2) is 45.5 Å². The lowest BCUT2D eigenvalue weighted by atomic mass is 10.2. The fraction of sp³-hybridized carbons (Fsp3) is 0.500. The van der Waals surface area contributed by atoms with Gasteiger partial charge in [-0.2, -0.15) is 5.10 Å². The Morgan fingerprint density at radius 3 is 2.88 bits per heavy atom. The number of aliphatic hydroxyl groups is 1. The predicted octanol–water partition coefficient (Wildman–Crippen LogP) is 1.45. The molecule has 0 amide bonds. The van der Waals surface area contributed by atoms with Crippen LogP contribution in [0.1, 0.15) is 35.0 Å². The molecule has 1 aliphatic heterocycles. The molecule has 2 atom stereocenters. The monoisotopic (exact) mass is 342 g/mol. The van der Waals surface area contributed by atoms with Crippen LogP contribution in [0.3, 0.4) is 0 Å². The molecule has 4 rings (SSSR count). The van der Waals surface area contributed by atoms with E-state index in [-0.39, 0.29) is 12.6 Å². The average molecular weight is 342 g/mol. The van der Waals surface area contributed by atoms with Gasteiger partial charge >= 0.3 is 5.97 Å². The van der Waals surface area contributed by atoms with Gasteiger partial charge in [0.2, 0.25) is 0 Å². The molecule has 0 radical (unpaired) electrons. The van der Waals surface area contributed by atoms with E-state index in [1.807, 2.05) is 12.1 Å². The maximum Gasteiger partial charge on any atom is 0.341 e. The van der Waals surface area contributed by atoms with Crippen LogP contribution >= 0.6 is 0 Å². The molecule has 2 unspecified atom stereocenters. The highest BCUT2D eigenvalue weighted by molar-refractivity contribution is 5.88. The molecular weight excluding hydrogens is 320 g/mol. The lowest BCUT2D eigenvalue weighted by Crippen LogP contribution is -2.23. The molecule has 1 saturated carbocycles. The first kappa shape index (κ1) is 16.1.